The van der Waals surface area contributed by atoms with E-state index in [1.165, 1.54) is 12.0 Å². The summed E-state index contributed by atoms with van der Waals surface area (Å²) in [5, 5.41) is 3.75. The van der Waals surface area contributed by atoms with Gasteiger partial charge in [-0.05, 0) is 48.2 Å². The molecule has 0 aromatic heterocycles. The van der Waals surface area contributed by atoms with Gasteiger partial charge in [-0.3, -0.25) is 13.9 Å². The monoisotopic (exact) mass is 611 g/mol. The van der Waals surface area contributed by atoms with E-state index in [2.05, 4.69) is 5.32 Å². The Bertz CT molecular complexity index is 1440. The fourth-order valence-electron chi connectivity index (χ4n) is 5.26. The number of rotatable bonds is 12. The van der Waals surface area contributed by atoms with Gasteiger partial charge in [-0.15, -0.1) is 0 Å². The van der Waals surface area contributed by atoms with Crippen LogP contribution in [0.25, 0.3) is 0 Å². The van der Waals surface area contributed by atoms with E-state index in [4.69, 9.17) is 16.3 Å². The number of carbonyl (C=O) groups excluding carboxylic acids is 2. The van der Waals surface area contributed by atoms with Crippen LogP contribution in [-0.2, 0) is 32.6 Å². The fraction of sp³-hybridized carbons (Fsp3) is 0.375. The minimum Gasteiger partial charge on any atom is -0.497 e. The largest absolute Gasteiger partial charge is 0.497 e. The van der Waals surface area contributed by atoms with Crippen molar-refractivity contribution in [2.24, 2.45) is 0 Å². The minimum absolute atomic E-state index is 0.0429. The van der Waals surface area contributed by atoms with E-state index in [0.717, 1.165) is 53.8 Å². The zero-order valence-corrected chi connectivity index (χ0v) is 25.6. The molecule has 1 fully saturated rings. The molecule has 0 heterocycles. The first kappa shape index (κ1) is 31.4. The number of ether oxygens (including phenoxy) is 1. The first-order valence-electron chi connectivity index (χ1n) is 14.1. The Morgan fingerprint density at radius 2 is 1.64 bits per heavy atom. The maximum atomic E-state index is 14.2. The molecule has 1 aliphatic rings. The number of methoxy groups -OCH3 is 1. The summed E-state index contributed by atoms with van der Waals surface area (Å²) >= 11 is 6.12. The van der Waals surface area contributed by atoms with Crippen LogP contribution in [0, 0.1) is 0 Å². The van der Waals surface area contributed by atoms with E-state index in [0.29, 0.717) is 16.5 Å². The van der Waals surface area contributed by atoms with Gasteiger partial charge in [0.1, 0.15) is 18.3 Å². The van der Waals surface area contributed by atoms with Crippen molar-refractivity contribution in [3.63, 3.8) is 0 Å². The van der Waals surface area contributed by atoms with Crippen LogP contribution >= 0.6 is 11.6 Å². The first-order valence-corrected chi connectivity index (χ1v) is 16.4. The number of amides is 2. The highest BCUT2D eigenvalue weighted by atomic mass is 35.5. The van der Waals surface area contributed by atoms with Crippen molar-refractivity contribution in [3.8, 4) is 5.75 Å². The third-order valence-electron chi connectivity index (χ3n) is 7.51. The van der Waals surface area contributed by atoms with Gasteiger partial charge in [-0.2, -0.15) is 0 Å². The molecule has 224 valence electrons. The number of carbonyl (C=O) groups is 2. The Labute approximate surface area is 253 Å². The first-order chi connectivity index (χ1) is 20.1. The summed E-state index contributed by atoms with van der Waals surface area (Å²) in [5.74, 6) is -0.293. The maximum absolute atomic E-state index is 14.2. The Kier molecular flexibility index (Phi) is 10.9. The molecular formula is C32H38ClN3O5S. The molecule has 3 aromatic rings. The molecule has 4 rings (SSSR count). The van der Waals surface area contributed by atoms with E-state index < -0.39 is 28.5 Å². The topological polar surface area (TPSA) is 96.0 Å². The van der Waals surface area contributed by atoms with Crippen LogP contribution in [0.5, 0.6) is 5.75 Å². The van der Waals surface area contributed by atoms with Gasteiger partial charge in [0, 0.05) is 30.1 Å². The third kappa shape index (κ3) is 8.72. The van der Waals surface area contributed by atoms with E-state index in [1.807, 2.05) is 30.3 Å². The lowest BCUT2D eigenvalue weighted by Gasteiger charge is -2.35. The highest BCUT2D eigenvalue weighted by molar-refractivity contribution is 7.92. The van der Waals surface area contributed by atoms with E-state index in [1.54, 1.807) is 48.5 Å². The number of hydrogen-bond acceptors (Lipinski definition) is 5. The lowest BCUT2D eigenvalue weighted by Crippen LogP contribution is -2.55. The number of anilines is 1. The van der Waals surface area contributed by atoms with Crippen molar-refractivity contribution in [2.75, 3.05) is 24.2 Å². The average molecular weight is 612 g/mol. The summed E-state index contributed by atoms with van der Waals surface area (Å²) in [7, 11) is -2.38. The lowest BCUT2D eigenvalue weighted by atomic mass is 9.94. The molecule has 1 saturated carbocycles. The van der Waals surface area contributed by atoms with Crippen molar-refractivity contribution < 1.29 is 22.7 Å². The van der Waals surface area contributed by atoms with E-state index in [9.17, 15) is 18.0 Å². The molecule has 1 aliphatic carbocycles. The summed E-state index contributed by atoms with van der Waals surface area (Å²) in [6, 6.07) is 22.3. The highest BCUT2D eigenvalue weighted by Crippen LogP contribution is 2.25. The molecule has 0 radical (unpaired) electrons. The number of nitrogens with one attached hydrogen (secondary N) is 1. The zero-order valence-electron chi connectivity index (χ0n) is 24.0. The summed E-state index contributed by atoms with van der Waals surface area (Å²) in [6.45, 7) is -0.386. The number of benzene rings is 3. The van der Waals surface area contributed by atoms with Gasteiger partial charge in [0.25, 0.3) is 0 Å². The third-order valence-corrected chi connectivity index (χ3v) is 8.90. The molecule has 1 atom stereocenters. The van der Waals surface area contributed by atoms with Crippen molar-refractivity contribution in [3.05, 3.63) is 95.0 Å². The van der Waals surface area contributed by atoms with Crippen molar-refractivity contribution in [1.82, 2.24) is 10.2 Å². The highest BCUT2D eigenvalue weighted by Gasteiger charge is 2.34. The second-order valence-electron chi connectivity index (χ2n) is 10.7. The van der Waals surface area contributed by atoms with Gasteiger partial charge in [-0.1, -0.05) is 79.4 Å². The molecule has 0 bridgehead atoms. The van der Waals surface area contributed by atoms with Crippen LogP contribution in [0.3, 0.4) is 0 Å². The predicted molar refractivity (Wildman–Crippen MR) is 166 cm³/mol. The standard InChI is InChI=1S/C32H38ClN3O5S/c1-41-29-15-9-14-28(21-29)36(42(2,39)40)23-31(37)35(22-25-16-18-26(33)19-17-25)30(20-24-10-5-3-6-11-24)32(38)34-27-12-7-4-8-13-27/h3,5-6,9-11,14-19,21,27,30H,4,7-8,12-13,20,22-23H2,1-2H3,(H,34,38)/t30-/m1/s1. The summed E-state index contributed by atoms with van der Waals surface area (Å²) in [5.41, 5.74) is 1.95. The Morgan fingerprint density at radius 1 is 0.952 bits per heavy atom. The quantitative estimate of drug-likeness (QED) is 0.304. The van der Waals surface area contributed by atoms with Crippen LogP contribution in [0.4, 0.5) is 5.69 Å². The summed E-state index contributed by atoms with van der Waals surface area (Å²) in [6.07, 6.45) is 6.36. The van der Waals surface area contributed by atoms with Crippen LogP contribution < -0.4 is 14.4 Å². The smallest absolute Gasteiger partial charge is 0.244 e. The van der Waals surface area contributed by atoms with Gasteiger partial charge < -0.3 is 15.0 Å². The minimum atomic E-state index is -3.87. The van der Waals surface area contributed by atoms with Crippen molar-refractivity contribution in [2.45, 2.75) is 57.2 Å². The van der Waals surface area contributed by atoms with Gasteiger partial charge in [0.15, 0.2) is 0 Å². The van der Waals surface area contributed by atoms with Crippen LogP contribution in [0.15, 0.2) is 78.9 Å². The van der Waals surface area contributed by atoms with Gasteiger partial charge in [-0.25, -0.2) is 8.42 Å². The maximum Gasteiger partial charge on any atom is 0.244 e. The zero-order chi connectivity index (χ0) is 30.1. The number of halogens is 1. The molecule has 1 N–H and O–H groups in total. The molecule has 0 saturated heterocycles. The van der Waals surface area contributed by atoms with Crippen LogP contribution in [0.1, 0.15) is 43.2 Å². The van der Waals surface area contributed by atoms with E-state index >= 15 is 0 Å². The van der Waals surface area contributed by atoms with Crippen molar-refractivity contribution >= 4 is 39.1 Å². The molecule has 0 aliphatic heterocycles. The van der Waals surface area contributed by atoms with Crippen molar-refractivity contribution in [1.29, 1.82) is 0 Å². The second-order valence-corrected chi connectivity index (χ2v) is 13.0. The van der Waals surface area contributed by atoms with E-state index in [-0.39, 0.29) is 24.9 Å². The summed E-state index contributed by atoms with van der Waals surface area (Å²) in [4.78, 5) is 29.7. The average Bonchev–Trinajstić information content (AvgIpc) is 2.99. The van der Waals surface area contributed by atoms with Crippen LogP contribution in [-0.4, -0.2) is 57.1 Å². The predicted octanol–water partition coefficient (Wildman–Crippen LogP) is 5.20. The normalized spacial score (nSPS) is 14.5. The second kappa shape index (κ2) is 14.6. The molecule has 0 unspecified atom stereocenters. The molecule has 42 heavy (non-hydrogen) atoms. The number of sulfonamides is 1. The Hall–Kier alpha value is -3.56. The summed E-state index contributed by atoms with van der Waals surface area (Å²) < 4.78 is 32.3. The fourth-order valence-corrected chi connectivity index (χ4v) is 6.23. The Balaban J connectivity index is 1.72. The number of nitrogens with zero attached hydrogens (tertiary/aromatic N) is 2. The molecule has 0 spiro atoms. The lowest BCUT2D eigenvalue weighted by molar-refractivity contribution is -0.140. The Morgan fingerprint density at radius 3 is 2.29 bits per heavy atom. The van der Waals surface area contributed by atoms with Gasteiger partial charge in [0.05, 0.1) is 19.1 Å². The molecule has 10 heteroatoms. The van der Waals surface area contributed by atoms with Crippen LogP contribution in [0.2, 0.25) is 5.02 Å². The molecule has 2 amide bonds. The molecule has 8 nitrogen and oxygen atoms in total. The SMILES string of the molecule is COc1cccc(N(CC(=O)N(Cc2ccc(Cl)cc2)[C@H](Cc2ccccc2)C(=O)NC2CCCCC2)S(C)(=O)=O)c1. The number of hydrogen-bond donors (Lipinski definition) is 1. The van der Waals surface area contributed by atoms with Gasteiger partial charge >= 0.3 is 0 Å². The molecule has 3 aromatic carbocycles. The molecular weight excluding hydrogens is 574 g/mol. The van der Waals surface area contributed by atoms with Gasteiger partial charge in [0.2, 0.25) is 21.8 Å².